The first-order valence-electron chi connectivity index (χ1n) is 9.24. The Kier molecular flexibility index (Phi) is 6.27. The van der Waals surface area contributed by atoms with E-state index in [0.29, 0.717) is 12.2 Å². The molecule has 3 aromatic rings. The minimum absolute atomic E-state index is 0.0889. The van der Waals surface area contributed by atoms with E-state index in [4.69, 9.17) is 4.74 Å². The molecule has 5 nitrogen and oxygen atoms in total. The Labute approximate surface area is 163 Å². The number of aromatic nitrogens is 1. The van der Waals surface area contributed by atoms with Crippen LogP contribution < -0.4 is 10.2 Å². The normalized spacial score (nSPS) is 10.6. The standard InChI is InChI=1S/C23H23NO4/c1-17-15-20(25)22(28-16-19-11-6-3-7-12-19)21(23(26)27)24(17)14-8-13-18-9-4-2-5-10-18/h2-7,9-12,15H,8,13-14,16H2,1H3,(H,26,27). The van der Waals surface area contributed by atoms with E-state index in [2.05, 4.69) is 0 Å². The molecule has 3 rings (SSSR count). The number of nitrogens with zero attached hydrogens (tertiary/aromatic N) is 1. The Morgan fingerprint density at radius 2 is 1.61 bits per heavy atom. The fourth-order valence-electron chi connectivity index (χ4n) is 3.20. The number of aryl methyl sites for hydroxylation is 2. The van der Waals surface area contributed by atoms with Crippen LogP contribution in [0.25, 0.3) is 0 Å². The molecule has 0 spiro atoms. The van der Waals surface area contributed by atoms with E-state index in [1.54, 1.807) is 11.5 Å². The lowest BCUT2D eigenvalue weighted by atomic mass is 10.1. The summed E-state index contributed by atoms with van der Waals surface area (Å²) in [5.41, 5.74) is 2.18. The fourth-order valence-corrected chi connectivity index (χ4v) is 3.20. The van der Waals surface area contributed by atoms with E-state index >= 15 is 0 Å². The molecule has 1 N–H and O–H groups in total. The molecule has 0 aliphatic rings. The summed E-state index contributed by atoms with van der Waals surface area (Å²) in [4.78, 5) is 24.4. The van der Waals surface area contributed by atoms with E-state index in [0.717, 1.165) is 18.4 Å². The highest BCUT2D eigenvalue weighted by atomic mass is 16.5. The van der Waals surface area contributed by atoms with Crippen LogP contribution >= 0.6 is 0 Å². The topological polar surface area (TPSA) is 68.5 Å². The van der Waals surface area contributed by atoms with Crippen molar-refractivity contribution < 1.29 is 14.6 Å². The Bertz CT molecular complexity index is 994. The predicted molar refractivity (Wildman–Crippen MR) is 108 cm³/mol. The first-order valence-corrected chi connectivity index (χ1v) is 9.24. The van der Waals surface area contributed by atoms with Gasteiger partial charge in [0.05, 0.1) is 0 Å². The monoisotopic (exact) mass is 377 g/mol. The summed E-state index contributed by atoms with van der Waals surface area (Å²) in [6.07, 6.45) is 1.58. The average Bonchev–Trinajstić information content (AvgIpc) is 2.70. The molecule has 0 aliphatic heterocycles. The third-order valence-corrected chi connectivity index (χ3v) is 4.59. The molecule has 1 heterocycles. The summed E-state index contributed by atoms with van der Waals surface area (Å²) < 4.78 is 7.32. The molecule has 5 heteroatoms. The van der Waals surface area contributed by atoms with E-state index in [-0.39, 0.29) is 18.1 Å². The van der Waals surface area contributed by atoms with Gasteiger partial charge < -0.3 is 14.4 Å². The van der Waals surface area contributed by atoms with E-state index in [1.165, 1.54) is 11.6 Å². The quantitative estimate of drug-likeness (QED) is 0.643. The van der Waals surface area contributed by atoms with Gasteiger partial charge in [-0.2, -0.15) is 0 Å². The number of carboxylic acids is 1. The van der Waals surface area contributed by atoms with Crippen molar-refractivity contribution in [1.29, 1.82) is 0 Å². The van der Waals surface area contributed by atoms with Crippen molar-refractivity contribution in [3.8, 4) is 5.75 Å². The number of pyridine rings is 1. The zero-order valence-electron chi connectivity index (χ0n) is 15.8. The highest BCUT2D eigenvalue weighted by Gasteiger charge is 2.21. The van der Waals surface area contributed by atoms with Gasteiger partial charge in [-0.1, -0.05) is 60.7 Å². The molecule has 28 heavy (non-hydrogen) atoms. The number of hydrogen-bond acceptors (Lipinski definition) is 3. The molecule has 0 aliphatic carbocycles. The molecule has 2 aromatic carbocycles. The van der Waals surface area contributed by atoms with Gasteiger partial charge in [0, 0.05) is 18.3 Å². The molecule has 0 unspecified atom stereocenters. The van der Waals surface area contributed by atoms with Crippen molar-refractivity contribution in [2.75, 3.05) is 0 Å². The van der Waals surface area contributed by atoms with Crippen molar-refractivity contribution in [2.24, 2.45) is 0 Å². The van der Waals surface area contributed by atoms with E-state index < -0.39 is 11.4 Å². The third-order valence-electron chi connectivity index (χ3n) is 4.59. The molecule has 0 radical (unpaired) electrons. The Hall–Kier alpha value is -3.34. The van der Waals surface area contributed by atoms with Gasteiger partial charge in [0.25, 0.3) is 0 Å². The zero-order valence-corrected chi connectivity index (χ0v) is 15.8. The zero-order chi connectivity index (χ0) is 19.9. The number of benzene rings is 2. The van der Waals surface area contributed by atoms with Gasteiger partial charge in [0.1, 0.15) is 6.61 Å². The van der Waals surface area contributed by atoms with Crippen LogP contribution in [0.5, 0.6) is 5.75 Å². The van der Waals surface area contributed by atoms with Gasteiger partial charge in [0.15, 0.2) is 11.4 Å². The Balaban J connectivity index is 1.84. The lowest BCUT2D eigenvalue weighted by Gasteiger charge is -2.18. The lowest BCUT2D eigenvalue weighted by Crippen LogP contribution is -2.23. The van der Waals surface area contributed by atoms with Crippen molar-refractivity contribution in [3.05, 3.63) is 99.5 Å². The smallest absolute Gasteiger partial charge is 0.356 e. The first-order chi connectivity index (χ1) is 13.6. The minimum Gasteiger partial charge on any atom is -0.482 e. The van der Waals surface area contributed by atoms with Crippen molar-refractivity contribution in [3.63, 3.8) is 0 Å². The molecule has 0 fully saturated rings. The Morgan fingerprint density at radius 3 is 2.21 bits per heavy atom. The maximum absolute atomic E-state index is 12.4. The summed E-state index contributed by atoms with van der Waals surface area (Å²) in [5.74, 6) is -1.27. The molecule has 0 saturated heterocycles. The highest BCUT2D eigenvalue weighted by molar-refractivity contribution is 5.89. The van der Waals surface area contributed by atoms with Crippen molar-refractivity contribution in [1.82, 2.24) is 4.57 Å². The van der Waals surface area contributed by atoms with Crippen LogP contribution in [0.15, 0.2) is 71.5 Å². The molecule has 144 valence electrons. The lowest BCUT2D eigenvalue weighted by molar-refractivity contribution is 0.0676. The number of carbonyl (C=O) groups is 1. The van der Waals surface area contributed by atoms with Crippen LogP contribution in [0, 0.1) is 6.92 Å². The number of hydrogen-bond donors (Lipinski definition) is 1. The van der Waals surface area contributed by atoms with E-state index in [9.17, 15) is 14.7 Å². The maximum Gasteiger partial charge on any atom is 0.356 e. The number of rotatable bonds is 8. The number of carboxylic acid groups (broad SMARTS) is 1. The van der Waals surface area contributed by atoms with Crippen LogP contribution in [0.2, 0.25) is 0 Å². The summed E-state index contributed by atoms with van der Waals surface area (Å²) in [5, 5.41) is 9.77. The summed E-state index contributed by atoms with van der Waals surface area (Å²) in [6.45, 7) is 2.38. The van der Waals surface area contributed by atoms with Gasteiger partial charge in [-0.15, -0.1) is 0 Å². The second-order valence-corrected chi connectivity index (χ2v) is 6.65. The van der Waals surface area contributed by atoms with Crippen LogP contribution in [0.4, 0.5) is 0 Å². The molecule has 1 aromatic heterocycles. The minimum atomic E-state index is -1.16. The Morgan fingerprint density at radius 1 is 1.00 bits per heavy atom. The molecule has 0 amide bonds. The third kappa shape index (κ3) is 4.68. The summed E-state index contributed by atoms with van der Waals surface area (Å²) >= 11 is 0. The average molecular weight is 377 g/mol. The van der Waals surface area contributed by atoms with Crippen molar-refractivity contribution >= 4 is 5.97 Å². The van der Waals surface area contributed by atoms with Gasteiger partial charge in [-0.3, -0.25) is 4.79 Å². The maximum atomic E-state index is 12.4. The van der Waals surface area contributed by atoms with Gasteiger partial charge >= 0.3 is 5.97 Å². The van der Waals surface area contributed by atoms with Gasteiger partial charge in [0.2, 0.25) is 5.43 Å². The predicted octanol–water partition coefficient (Wildman–Crippen LogP) is 4.07. The SMILES string of the molecule is Cc1cc(=O)c(OCc2ccccc2)c(C(=O)O)n1CCCc1ccccc1. The summed E-state index contributed by atoms with van der Waals surface area (Å²) in [6, 6.07) is 20.8. The molecule has 0 saturated carbocycles. The highest BCUT2D eigenvalue weighted by Crippen LogP contribution is 2.19. The largest absolute Gasteiger partial charge is 0.482 e. The van der Waals surface area contributed by atoms with E-state index in [1.807, 2.05) is 60.7 Å². The van der Waals surface area contributed by atoms with Crippen LogP contribution in [-0.4, -0.2) is 15.6 Å². The summed E-state index contributed by atoms with van der Waals surface area (Å²) in [7, 11) is 0. The molecule has 0 atom stereocenters. The van der Waals surface area contributed by atoms with Crippen LogP contribution in [-0.2, 0) is 19.6 Å². The van der Waals surface area contributed by atoms with Crippen molar-refractivity contribution in [2.45, 2.75) is 32.9 Å². The molecular weight excluding hydrogens is 354 g/mol. The molecular formula is C23H23NO4. The second-order valence-electron chi connectivity index (χ2n) is 6.65. The number of ether oxygens (including phenoxy) is 1. The van der Waals surface area contributed by atoms with Gasteiger partial charge in [-0.05, 0) is 30.9 Å². The molecule has 0 bridgehead atoms. The number of aromatic carboxylic acids is 1. The first kappa shape index (κ1) is 19.4. The fraction of sp³-hybridized carbons (Fsp3) is 0.217. The van der Waals surface area contributed by atoms with Crippen LogP contribution in [0.3, 0.4) is 0 Å². The van der Waals surface area contributed by atoms with Crippen LogP contribution in [0.1, 0.15) is 33.7 Å². The second kappa shape index (κ2) is 9.04. The van der Waals surface area contributed by atoms with Gasteiger partial charge in [-0.25, -0.2) is 4.79 Å².